The second-order valence-corrected chi connectivity index (χ2v) is 10.4. The standard InChI is InChI=1S/C24H35ClN2O3/c1-15(2)19-14-27(16(3)12-21(28)29)22(30)26-24(19,7)18-9-8-17(20(25)13-18)10-11-23(4,5)6/h8-9,13-16H,10-12H2,1-7H3,(H,26,30)(H,28,29)/t16-,24+/m1/s1. The highest BCUT2D eigenvalue weighted by atomic mass is 35.5. The Balaban J connectivity index is 2.40. The number of carboxylic acid groups (broad SMARTS) is 1. The number of hydrogen-bond acceptors (Lipinski definition) is 2. The normalized spacial score (nSPS) is 20.8. The molecule has 2 atom stereocenters. The molecule has 5 nitrogen and oxygen atoms in total. The second-order valence-electron chi connectivity index (χ2n) is 10.0. The lowest BCUT2D eigenvalue weighted by Gasteiger charge is -2.43. The van der Waals surface area contributed by atoms with Crippen LogP contribution in [0.4, 0.5) is 4.79 Å². The van der Waals surface area contributed by atoms with E-state index in [1.54, 1.807) is 6.92 Å². The van der Waals surface area contributed by atoms with E-state index in [9.17, 15) is 9.59 Å². The van der Waals surface area contributed by atoms with Gasteiger partial charge in [0, 0.05) is 17.3 Å². The monoisotopic (exact) mass is 434 g/mol. The van der Waals surface area contributed by atoms with Crippen LogP contribution in [0.25, 0.3) is 0 Å². The maximum Gasteiger partial charge on any atom is 0.322 e. The minimum Gasteiger partial charge on any atom is -0.481 e. The average molecular weight is 435 g/mol. The first-order valence-electron chi connectivity index (χ1n) is 10.6. The highest BCUT2D eigenvalue weighted by Crippen LogP contribution is 2.39. The van der Waals surface area contributed by atoms with Gasteiger partial charge in [0.2, 0.25) is 0 Å². The molecule has 2 amide bonds. The van der Waals surface area contributed by atoms with Crippen LogP contribution < -0.4 is 5.32 Å². The summed E-state index contributed by atoms with van der Waals surface area (Å²) in [5, 5.41) is 12.9. The van der Waals surface area contributed by atoms with Crippen molar-refractivity contribution in [3.63, 3.8) is 0 Å². The summed E-state index contributed by atoms with van der Waals surface area (Å²) in [6.07, 6.45) is 3.64. The van der Waals surface area contributed by atoms with Crippen LogP contribution in [-0.2, 0) is 16.8 Å². The van der Waals surface area contributed by atoms with Crippen LogP contribution in [0.3, 0.4) is 0 Å². The molecular weight excluding hydrogens is 400 g/mol. The number of rotatable bonds is 7. The van der Waals surface area contributed by atoms with Gasteiger partial charge in [0.1, 0.15) is 0 Å². The lowest BCUT2D eigenvalue weighted by atomic mass is 9.77. The molecule has 166 valence electrons. The Hall–Kier alpha value is -2.01. The molecule has 1 aliphatic heterocycles. The zero-order chi connectivity index (χ0) is 22.9. The van der Waals surface area contributed by atoms with Gasteiger partial charge in [-0.1, -0.05) is 58.4 Å². The van der Waals surface area contributed by atoms with Gasteiger partial charge in [0.25, 0.3) is 0 Å². The van der Waals surface area contributed by atoms with Crippen molar-refractivity contribution < 1.29 is 14.7 Å². The summed E-state index contributed by atoms with van der Waals surface area (Å²) in [4.78, 5) is 25.5. The molecular formula is C24H35ClN2O3. The van der Waals surface area contributed by atoms with Gasteiger partial charge in [-0.25, -0.2) is 4.79 Å². The third-order valence-electron chi connectivity index (χ3n) is 5.79. The molecule has 6 heteroatoms. The van der Waals surface area contributed by atoms with Crippen LogP contribution in [0.1, 0.15) is 72.4 Å². The fraction of sp³-hybridized carbons (Fsp3) is 0.583. The van der Waals surface area contributed by atoms with E-state index in [0.717, 1.165) is 29.5 Å². The smallest absolute Gasteiger partial charge is 0.322 e. The van der Waals surface area contributed by atoms with Crippen molar-refractivity contribution in [3.8, 4) is 0 Å². The van der Waals surface area contributed by atoms with Gasteiger partial charge in [0.05, 0.1) is 12.0 Å². The van der Waals surface area contributed by atoms with Gasteiger partial charge in [0.15, 0.2) is 0 Å². The summed E-state index contributed by atoms with van der Waals surface area (Å²) in [6, 6.07) is 5.30. The number of benzene rings is 1. The molecule has 2 N–H and O–H groups in total. The molecule has 0 aromatic heterocycles. The van der Waals surface area contributed by atoms with E-state index >= 15 is 0 Å². The van der Waals surface area contributed by atoms with E-state index in [4.69, 9.17) is 16.7 Å². The number of nitrogens with zero attached hydrogens (tertiary/aromatic N) is 1. The Bertz CT molecular complexity index is 841. The van der Waals surface area contributed by atoms with Gasteiger partial charge in [-0.05, 0) is 60.8 Å². The number of carbonyl (C=O) groups is 2. The quantitative estimate of drug-likeness (QED) is 0.556. The molecule has 0 unspecified atom stereocenters. The molecule has 0 spiro atoms. The Morgan fingerprint density at radius 1 is 1.27 bits per heavy atom. The summed E-state index contributed by atoms with van der Waals surface area (Å²) in [5.74, 6) is -0.782. The summed E-state index contributed by atoms with van der Waals surface area (Å²) in [5.41, 5.74) is 2.56. The largest absolute Gasteiger partial charge is 0.481 e. The minimum atomic E-state index is -0.930. The molecule has 1 aliphatic rings. The lowest BCUT2D eigenvalue weighted by molar-refractivity contribution is -0.137. The number of hydrogen-bond donors (Lipinski definition) is 2. The molecule has 0 saturated heterocycles. The third kappa shape index (κ3) is 5.57. The second kappa shape index (κ2) is 9.01. The topological polar surface area (TPSA) is 69.6 Å². The Morgan fingerprint density at radius 2 is 1.90 bits per heavy atom. The molecule has 0 saturated carbocycles. The summed E-state index contributed by atoms with van der Waals surface area (Å²) in [7, 11) is 0. The molecule has 2 rings (SSSR count). The van der Waals surface area contributed by atoms with Gasteiger partial charge < -0.3 is 10.4 Å². The van der Waals surface area contributed by atoms with Crippen molar-refractivity contribution in [1.82, 2.24) is 10.2 Å². The third-order valence-corrected chi connectivity index (χ3v) is 6.14. The van der Waals surface area contributed by atoms with E-state index < -0.39 is 17.6 Å². The SMILES string of the molecule is CC(C)C1=CN([C@H](C)CC(=O)O)C(=O)N[C@@]1(C)c1ccc(CCC(C)(C)C)c(Cl)c1. The van der Waals surface area contributed by atoms with Gasteiger partial charge in [-0.3, -0.25) is 9.69 Å². The molecule has 1 heterocycles. The number of carboxylic acids is 1. The first-order valence-corrected chi connectivity index (χ1v) is 11.0. The van der Waals surface area contributed by atoms with Gasteiger partial charge in [-0.2, -0.15) is 0 Å². The Morgan fingerprint density at radius 3 is 2.40 bits per heavy atom. The van der Waals surface area contributed by atoms with Crippen molar-refractivity contribution >= 4 is 23.6 Å². The first kappa shape index (κ1) is 24.3. The van der Waals surface area contributed by atoms with E-state index in [2.05, 4.69) is 46.0 Å². The Kier molecular flexibility index (Phi) is 7.28. The molecule has 0 bridgehead atoms. The molecule has 1 aromatic rings. The Labute approximate surface area is 185 Å². The molecule has 1 aromatic carbocycles. The van der Waals surface area contributed by atoms with E-state index in [-0.39, 0.29) is 23.8 Å². The fourth-order valence-electron chi connectivity index (χ4n) is 3.90. The lowest BCUT2D eigenvalue weighted by Crippen LogP contribution is -2.56. The minimum absolute atomic E-state index is 0.111. The van der Waals surface area contributed by atoms with Crippen LogP contribution in [0, 0.1) is 11.3 Å². The van der Waals surface area contributed by atoms with E-state index in [0.29, 0.717) is 5.02 Å². The van der Waals surface area contributed by atoms with Gasteiger partial charge >= 0.3 is 12.0 Å². The zero-order valence-electron chi connectivity index (χ0n) is 19.2. The number of carbonyl (C=O) groups excluding carboxylic acids is 1. The van der Waals surface area contributed by atoms with Crippen molar-refractivity contribution in [2.24, 2.45) is 11.3 Å². The highest BCUT2D eigenvalue weighted by molar-refractivity contribution is 6.31. The fourth-order valence-corrected chi connectivity index (χ4v) is 4.18. The number of aryl methyl sites for hydroxylation is 1. The predicted octanol–water partition coefficient (Wildman–Crippen LogP) is 5.96. The highest BCUT2D eigenvalue weighted by Gasteiger charge is 2.41. The van der Waals surface area contributed by atoms with E-state index in [1.165, 1.54) is 4.90 Å². The molecule has 0 fully saturated rings. The zero-order valence-corrected chi connectivity index (χ0v) is 19.9. The maximum absolute atomic E-state index is 12.9. The molecule has 30 heavy (non-hydrogen) atoms. The number of nitrogens with one attached hydrogen (secondary N) is 1. The van der Waals surface area contributed by atoms with Crippen molar-refractivity contribution in [2.45, 2.75) is 79.3 Å². The summed E-state index contributed by atoms with van der Waals surface area (Å²) in [6.45, 7) is 14.5. The first-order chi connectivity index (χ1) is 13.7. The van der Waals surface area contributed by atoms with Crippen molar-refractivity contribution in [1.29, 1.82) is 0 Å². The summed E-state index contributed by atoms with van der Waals surface area (Å²) < 4.78 is 0. The van der Waals surface area contributed by atoms with Crippen molar-refractivity contribution in [3.05, 3.63) is 46.1 Å². The number of urea groups is 1. The van der Waals surface area contributed by atoms with E-state index in [1.807, 2.05) is 25.3 Å². The van der Waals surface area contributed by atoms with Crippen molar-refractivity contribution in [2.75, 3.05) is 0 Å². The number of aliphatic carboxylic acids is 1. The van der Waals surface area contributed by atoms with Crippen LogP contribution in [-0.4, -0.2) is 28.0 Å². The average Bonchev–Trinajstić information content (AvgIpc) is 2.58. The van der Waals surface area contributed by atoms with Crippen LogP contribution in [0.2, 0.25) is 5.02 Å². The number of halogens is 1. The summed E-state index contributed by atoms with van der Waals surface area (Å²) >= 11 is 6.63. The van der Waals surface area contributed by atoms with Crippen LogP contribution in [0.5, 0.6) is 0 Å². The number of amides is 2. The molecule has 0 aliphatic carbocycles. The van der Waals surface area contributed by atoms with Crippen LogP contribution >= 0.6 is 11.6 Å². The van der Waals surface area contributed by atoms with Crippen LogP contribution in [0.15, 0.2) is 30.0 Å². The molecule has 0 radical (unpaired) electrons. The van der Waals surface area contributed by atoms with Gasteiger partial charge in [-0.15, -0.1) is 0 Å². The maximum atomic E-state index is 12.9. The predicted molar refractivity (Wildman–Crippen MR) is 122 cm³/mol.